The summed E-state index contributed by atoms with van der Waals surface area (Å²) in [6, 6.07) is 7.80. The molecule has 0 amide bonds. The molecule has 2 heterocycles. The number of anilines is 1. The summed E-state index contributed by atoms with van der Waals surface area (Å²) in [6.45, 7) is -0.116. The van der Waals surface area contributed by atoms with E-state index in [9.17, 15) is 8.78 Å². The molecular weight excluding hydrogens is 292 g/mol. The summed E-state index contributed by atoms with van der Waals surface area (Å²) in [6.07, 6.45) is 2.88. The summed E-state index contributed by atoms with van der Waals surface area (Å²) in [5.41, 5.74) is 1.95. The van der Waals surface area contributed by atoms with Crippen molar-refractivity contribution in [1.29, 1.82) is 0 Å². The summed E-state index contributed by atoms with van der Waals surface area (Å²) in [5.74, 6) is 0.0464. The number of allylic oxidation sites excluding steroid dienone is 1. The standard InChI is InChI=1S/C15H17F2N3O2/c16-15(17)22-13-7-19-10-20(9-13)12-3-1-11(2-4-12)14-8-18-5-6-21-14/h1-4,7,9,14-15,18H,5-6,8,10H2/t14-/m0/s1. The number of halogens is 2. The zero-order valence-corrected chi connectivity index (χ0v) is 11.9. The molecule has 0 radical (unpaired) electrons. The first kappa shape index (κ1) is 14.9. The predicted octanol–water partition coefficient (Wildman–Crippen LogP) is 2.28. The van der Waals surface area contributed by atoms with Gasteiger partial charge >= 0.3 is 6.61 Å². The van der Waals surface area contributed by atoms with E-state index in [1.807, 2.05) is 24.3 Å². The molecule has 2 aliphatic heterocycles. The Hall–Kier alpha value is -1.99. The van der Waals surface area contributed by atoms with Gasteiger partial charge in [0.15, 0.2) is 5.76 Å². The molecule has 1 atom stereocenters. The Morgan fingerprint density at radius 2 is 2.14 bits per heavy atom. The van der Waals surface area contributed by atoms with Crippen LogP contribution in [0.1, 0.15) is 11.7 Å². The predicted molar refractivity (Wildman–Crippen MR) is 79.0 cm³/mol. The van der Waals surface area contributed by atoms with Crippen molar-refractivity contribution in [3.05, 3.63) is 41.8 Å². The molecule has 0 saturated carbocycles. The smallest absolute Gasteiger partial charge is 0.387 e. The summed E-state index contributed by atoms with van der Waals surface area (Å²) in [7, 11) is 0. The average molecular weight is 309 g/mol. The van der Waals surface area contributed by atoms with Crippen LogP contribution < -0.4 is 10.2 Å². The second-order valence-corrected chi connectivity index (χ2v) is 4.99. The van der Waals surface area contributed by atoms with Crippen LogP contribution in [0.3, 0.4) is 0 Å². The molecule has 22 heavy (non-hydrogen) atoms. The van der Waals surface area contributed by atoms with Crippen molar-refractivity contribution in [2.45, 2.75) is 12.7 Å². The number of nitrogens with zero attached hydrogens (tertiary/aromatic N) is 2. The second kappa shape index (κ2) is 6.85. The number of benzene rings is 1. The van der Waals surface area contributed by atoms with E-state index in [2.05, 4.69) is 15.0 Å². The van der Waals surface area contributed by atoms with Gasteiger partial charge in [-0.2, -0.15) is 8.78 Å². The maximum absolute atomic E-state index is 12.2. The Labute approximate surface area is 127 Å². The van der Waals surface area contributed by atoms with Crippen LogP contribution in [0, 0.1) is 0 Å². The normalized spacial score (nSPS) is 21.9. The Morgan fingerprint density at radius 1 is 1.32 bits per heavy atom. The van der Waals surface area contributed by atoms with Crippen molar-refractivity contribution >= 4 is 11.9 Å². The third-order valence-corrected chi connectivity index (χ3v) is 3.48. The molecular formula is C15H17F2N3O2. The minimum Gasteiger partial charge on any atom is -0.432 e. The molecule has 0 bridgehead atoms. The maximum Gasteiger partial charge on any atom is 0.387 e. The minimum atomic E-state index is -2.85. The number of alkyl halides is 2. The van der Waals surface area contributed by atoms with Crippen LogP contribution in [0.15, 0.2) is 41.2 Å². The van der Waals surface area contributed by atoms with Crippen molar-refractivity contribution < 1.29 is 18.3 Å². The maximum atomic E-state index is 12.2. The van der Waals surface area contributed by atoms with Crippen molar-refractivity contribution in [3.8, 4) is 0 Å². The van der Waals surface area contributed by atoms with Gasteiger partial charge in [-0.1, -0.05) is 12.1 Å². The molecule has 118 valence electrons. The van der Waals surface area contributed by atoms with E-state index in [-0.39, 0.29) is 11.9 Å². The van der Waals surface area contributed by atoms with E-state index in [1.54, 1.807) is 4.90 Å². The van der Waals surface area contributed by atoms with Gasteiger partial charge in [0.1, 0.15) is 6.67 Å². The SMILES string of the molecule is FC(F)OC1=CN(c2ccc([C@@H]3CNCCO3)cc2)CN=C1. The van der Waals surface area contributed by atoms with Gasteiger partial charge in [0.2, 0.25) is 0 Å². The fraction of sp³-hybridized carbons (Fsp3) is 0.400. The van der Waals surface area contributed by atoms with E-state index >= 15 is 0 Å². The first-order chi connectivity index (χ1) is 10.7. The Bertz CT molecular complexity index is 554. The molecule has 1 N–H and O–H groups in total. The molecule has 5 nitrogen and oxygen atoms in total. The van der Waals surface area contributed by atoms with Gasteiger partial charge in [-0.05, 0) is 17.7 Å². The fourth-order valence-corrected chi connectivity index (χ4v) is 2.43. The average Bonchev–Trinajstić information content (AvgIpc) is 2.55. The van der Waals surface area contributed by atoms with Gasteiger partial charge in [0, 0.05) is 25.0 Å². The lowest BCUT2D eigenvalue weighted by Gasteiger charge is -2.25. The number of ether oxygens (including phenoxy) is 2. The van der Waals surface area contributed by atoms with Crippen LogP contribution in [0.25, 0.3) is 0 Å². The van der Waals surface area contributed by atoms with E-state index < -0.39 is 6.61 Å². The highest BCUT2D eigenvalue weighted by Gasteiger charge is 2.17. The highest BCUT2D eigenvalue weighted by molar-refractivity contribution is 5.78. The molecule has 1 fully saturated rings. The Morgan fingerprint density at radius 3 is 2.82 bits per heavy atom. The van der Waals surface area contributed by atoms with Gasteiger partial charge < -0.3 is 19.7 Å². The molecule has 1 aromatic carbocycles. The van der Waals surface area contributed by atoms with Crippen LogP contribution >= 0.6 is 0 Å². The third-order valence-electron chi connectivity index (χ3n) is 3.48. The topological polar surface area (TPSA) is 46.1 Å². The van der Waals surface area contributed by atoms with Gasteiger partial charge in [0.25, 0.3) is 0 Å². The molecule has 0 aliphatic carbocycles. The highest BCUT2D eigenvalue weighted by atomic mass is 19.3. The van der Waals surface area contributed by atoms with Crippen molar-refractivity contribution in [3.63, 3.8) is 0 Å². The van der Waals surface area contributed by atoms with Gasteiger partial charge in [-0.25, -0.2) is 0 Å². The van der Waals surface area contributed by atoms with Crippen molar-refractivity contribution in [2.75, 3.05) is 31.3 Å². The lowest BCUT2D eigenvalue weighted by molar-refractivity contribution is -0.0895. The van der Waals surface area contributed by atoms with Crippen molar-refractivity contribution in [1.82, 2.24) is 5.32 Å². The van der Waals surface area contributed by atoms with Crippen LogP contribution in [-0.4, -0.2) is 39.2 Å². The number of hydrogen-bond acceptors (Lipinski definition) is 5. The van der Waals surface area contributed by atoms with Crippen LogP contribution in [0.2, 0.25) is 0 Å². The van der Waals surface area contributed by atoms with E-state index in [0.29, 0.717) is 13.3 Å². The first-order valence-electron chi connectivity index (χ1n) is 7.08. The highest BCUT2D eigenvalue weighted by Crippen LogP contribution is 2.24. The van der Waals surface area contributed by atoms with Crippen LogP contribution in [0.4, 0.5) is 14.5 Å². The van der Waals surface area contributed by atoms with E-state index in [4.69, 9.17) is 4.74 Å². The number of aliphatic imine (C=N–C) groups is 1. The second-order valence-electron chi connectivity index (χ2n) is 4.99. The lowest BCUT2D eigenvalue weighted by atomic mass is 10.1. The summed E-state index contributed by atoms with van der Waals surface area (Å²) >= 11 is 0. The first-order valence-corrected chi connectivity index (χ1v) is 7.08. The van der Waals surface area contributed by atoms with Crippen molar-refractivity contribution in [2.24, 2.45) is 4.99 Å². The minimum absolute atomic E-state index is 0.0464. The molecule has 7 heteroatoms. The number of nitrogens with one attached hydrogen (secondary N) is 1. The largest absolute Gasteiger partial charge is 0.432 e. The molecule has 0 unspecified atom stereocenters. The molecule has 0 spiro atoms. The quantitative estimate of drug-likeness (QED) is 0.927. The number of morpholine rings is 1. The summed E-state index contributed by atoms with van der Waals surface area (Å²) < 4.78 is 34.6. The third kappa shape index (κ3) is 3.61. The molecule has 1 saturated heterocycles. The molecule has 2 aliphatic rings. The van der Waals surface area contributed by atoms with Gasteiger partial charge in [-0.15, -0.1) is 0 Å². The zero-order valence-electron chi connectivity index (χ0n) is 11.9. The Balaban J connectivity index is 1.69. The zero-order chi connectivity index (χ0) is 15.4. The molecule has 3 rings (SSSR count). The van der Waals surface area contributed by atoms with Crippen LogP contribution in [0.5, 0.6) is 0 Å². The van der Waals surface area contributed by atoms with Gasteiger partial charge in [-0.3, -0.25) is 4.99 Å². The summed E-state index contributed by atoms with van der Waals surface area (Å²) in [4.78, 5) is 5.77. The fourth-order valence-electron chi connectivity index (χ4n) is 2.43. The summed E-state index contributed by atoms with van der Waals surface area (Å²) in [5, 5.41) is 3.28. The molecule has 0 aromatic heterocycles. The Kier molecular flexibility index (Phi) is 4.65. The number of hydrogen-bond donors (Lipinski definition) is 1. The van der Waals surface area contributed by atoms with Crippen LogP contribution in [-0.2, 0) is 9.47 Å². The molecule has 1 aromatic rings. The number of rotatable bonds is 4. The van der Waals surface area contributed by atoms with Gasteiger partial charge in [0.05, 0.1) is 18.9 Å². The van der Waals surface area contributed by atoms with E-state index in [0.717, 1.165) is 24.3 Å². The van der Waals surface area contributed by atoms with E-state index in [1.165, 1.54) is 12.4 Å². The lowest BCUT2D eigenvalue weighted by Crippen LogP contribution is -2.33. The monoisotopic (exact) mass is 309 g/mol.